The Hall–Kier alpha value is -0.740. The number of rotatable bonds is 4. The first-order valence-electron chi connectivity index (χ1n) is 6.04. The van der Waals surface area contributed by atoms with E-state index >= 15 is 0 Å². The molecule has 1 aromatic rings. The van der Waals surface area contributed by atoms with Gasteiger partial charge in [0.05, 0.1) is 16.6 Å². The largest absolute Gasteiger partial charge is 0.309 e. The summed E-state index contributed by atoms with van der Waals surface area (Å²) in [4.78, 5) is 1.30. The van der Waals surface area contributed by atoms with Gasteiger partial charge in [0.25, 0.3) is 0 Å². The van der Waals surface area contributed by atoms with Crippen LogP contribution in [0.5, 0.6) is 0 Å². The van der Waals surface area contributed by atoms with E-state index in [9.17, 15) is 0 Å². The Balaban J connectivity index is 2.24. The van der Waals surface area contributed by atoms with Crippen molar-refractivity contribution in [2.75, 3.05) is 7.05 Å². The molecule has 0 radical (unpaired) electrons. The summed E-state index contributed by atoms with van der Waals surface area (Å²) in [6.45, 7) is 2.14. The fraction of sp³-hybridized carbons (Fsp3) is 0.667. The first-order valence-corrected chi connectivity index (χ1v) is 6.81. The van der Waals surface area contributed by atoms with Crippen LogP contribution in [0.1, 0.15) is 49.2 Å². The molecule has 1 aromatic heterocycles. The monoisotopic (exact) mass is 237 g/mol. The number of hydrogen-bond acceptors (Lipinski definition) is 4. The number of hydrogen-bond donors (Lipinski definition) is 1. The van der Waals surface area contributed by atoms with Crippen molar-refractivity contribution >= 4 is 11.5 Å². The second-order valence-electron chi connectivity index (χ2n) is 4.18. The SMILES string of the molecule is CCc1nnsc1C(NC)C1=CCCCC1. The number of nitrogens with zero attached hydrogens (tertiary/aromatic N) is 2. The van der Waals surface area contributed by atoms with E-state index in [-0.39, 0.29) is 0 Å². The van der Waals surface area contributed by atoms with E-state index < -0.39 is 0 Å². The molecule has 4 heteroatoms. The van der Waals surface area contributed by atoms with Crippen molar-refractivity contribution in [2.45, 2.75) is 45.1 Å². The number of aryl methyl sites for hydroxylation is 1. The number of nitrogens with one attached hydrogen (secondary N) is 1. The minimum Gasteiger partial charge on any atom is -0.309 e. The van der Waals surface area contributed by atoms with E-state index in [0.717, 1.165) is 12.1 Å². The normalized spacial score (nSPS) is 18.2. The van der Waals surface area contributed by atoms with Crippen molar-refractivity contribution in [1.82, 2.24) is 14.9 Å². The van der Waals surface area contributed by atoms with Gasteiger partial charge in [-0.15, -0.1) is 5.10 Å². The van der Waals surface area contributed by atoms with Crippen LogP contribution in [0.2, 0.25) is 0 Å². The molecule has 1 heterocycles. The fourth-order valence-corrected chi connectivity index (χ4v) is 3.18. The lowest BCUT2D eigenvalue weighted by molar-refractivity contribution is 0.595. The third-order valence-electron chi connectivity index (χ3n) is 3.17. The standard InChI is InChI=1S/C12H19N3S/c1-3-10-12(16-15-14-10)11(13-2)9-7-5-4-6-8-9/h7,11,13H,3-6,8H2,1-2H3. The molecular weight excluding hydrogens is 218 g/mol. The van der Waals surface area contributed by atoms with Crippen molar-refractivity contribution in [3.05, 3.63) is 22.2 Å². The lowest BCUT2D eigenvalue weighted by Gasteiger charge is -2.22. The molecule has 3 nitrogen and oxygen atoms in total. The topological polar surface area (TPSA) is 37.8 Å². The summed E-state index contributed by atoms with van der Waals surface area (Å²) in [5.74, 6) is 0. The van der Waals surface area contributed by atoms with E-state index in [1.807, 2.05) is 7.05 Å². The third kappa shape index (κ3) is 2.33. The number of allylic oxidation sites excluding steroid dienone is 1. The van der Waals surface area contributed by atoms with Gasteiger partial charge in [-0.1, -0.05) is 23.1 Å². The van der Waals surface area contributed by atoms with Gasteiger partial charge in [-0.2, -0.15) is 0 Å². The molecule has 2 rings (SSSR count). The lowest BCUT2D eigenvalue weighted by atomic mass is 9.92. The lowest BCUT2D eigenvalue weighted by Crippen LogP contribution is -2.20. The van der Waals surface area contributed by atoms with Crippen LogP contribution in [0, 0.1) is 0 Å². The van der Waals surface area contributed by atoms with E-state index in [4.69, 9.17) is 0 Å². The minimum atomic E-state index is 0.343. The Morgan fingerprint density at radius 2 is 2.38 bits per heavy atom. The van der Waals surface area contributed by atoms with Crippen LogP contribution in [0.15, 0.2) is 11.6 Å². The van der Waals surface area contributed by atoms with Crippen molar-refractivity contribution in [3.8, 4) is 0 Å². The van der Waals surface area contributed by atoms with E-state index in [0.29, 0.717) is 6.04 Å². The second kappa shape index (κ2) is 5.55. The summed E-state index contributed by atoms with van der Waals surface area (Å²) in [5.41, 5.74) is 2.67. The molecule has 0 saturated carbocycles. The van der Waals surface area contributed by atoms with Crippen molar-refractivity contribution in [2.24, 2.45) is 0 Å². The van der Waals surface area contributed by atoms with Crippen LogP contribution in [-0.2, 0) is 6.42 Å². The molecule has 0 aliphatic heterocycles. The van der Waals surface area contributed by atoms with Crippen LogP contribution in [-0.4, -0.2) is 16.6 Å². The van der Waals surface area contributed by atoms with E-state index in [1.54, 1.807) is 0 Å². The summed E-state index contributed by atoms with van der Waals surface area (Å²) in [6, 6.07) is 0.343. The van der Waals surface area contributed by atoms with Crippen LogP contribution in [0.25, 0.3) is 0 Å². The van der Waals surface area contributed by atoms with Gasteiger partial charge in [-0.3, -0.25) is 0 Å². The Morgan fingerprint density at radius 1 is 1.50 bits per heavy atom. The molecule has 0 spiro atoms. The van der Waals surface area contributed by atoms with Gasteiger partial charge < -0.3 is 5.32 Å². The average Bonchev–Trinajstić information content (AvgIpc) is 2.80. The Kier molecular flexibility index (Phi) is 4.07. The molecule has 1 aliphatic carbocycles. The van der Waals surface area contributed by atoms with E-state index in [2.05, 4.69) is 27.9 Å². The van der Waals surface area contributed by atoms with Crippen LogP contribution in [0.3, 0.4) is 0 Å². The molecule has 1 N–H and O–H groups in total. The zero-order valence-electron chi connectivity index (χ0n) is 9.99. The number of aromatic nitrogens is 2. The smallest absolute Gasteiger partial charge is 0.0804 e. The molecular formula is C12H19N3S. The predicted octanol–water partition coefficient (Wildman–Crippen LogP) is 2.86. The molecule has 0 fully saturated rings. The molecule has 0 aromatic carbocycles. The summed E-state index contributed by atoms with van der Waals surface area (Å²) in [7, 11) is 2.03. The van der Waals surface area contributed by atoms with Gasteiger partial charge in [-0.25, -0.2) is 0 Å². The first kappa shape index (κ1) is 11.7. The zero-order chi connectivity index (χ0) is 11.4. The highest BCUT2D eigenvalue weighted by atomic mass is 32.1. The second-order valence-corrected chi connectivity index (χ2v) is 4.97. The zero-order valence-corrected chi connectivity index (χ0v) is 10.8. The molecule has 16 heavy (non-hydrogen) atoms. The highest BCUT2D eigenvalue weighted by Crippen LogP contribution is 2.32. The highest BCUT2D eigenvalue weighted by Gasteiger charge is 2.21. The maximum Gasteiger partial charge on any atom is 0.0804 e. The summed E-state index contributed by atoms with van der Waals surface area (Å²) in [6.07, 6.45) is 8.45. The van der Waals surface area contributed by atoms with Gasteiger partial charge in [0.15, 0.2) is 0 Å². The van der Waals surface area contributed by atoms with Crippen LogP contribution >= 0.6 is 11.5 Å². The van der Waals surface area contributed by atoms with E-state index in [1.165, 1.54) is 47.7 Å². The van der Waals surface area contributed by atoms with Crippen LogP contribution < -0.4 is 5.32 Å². The first-order chi connectivity index (χ1) is 7.86. The Bertz CT molecular complexity index is 370. The molecule has 0 amide bonds. The summed E-state index contributed by atoms with van der Waals surface area (Å²) < 4.78 is 4.08. The molecule has 0 bridgehead atoms. The molecule has 1 atom stereocenters. The Morgan fingerprint density at radius 3 is 3.00 bits per heavy atom. The predicted molar refractivity (Wildman–Crippen MR) is 67.6 cm³/mol. The molecule has 1 aliphatic rings. The minimum absolute atomic E-state index is 0.343. The van der Waals surface area contributed by atoms with Crippen molar-refractivity contribution in [1.29, 1.82) is 0 Å². The summed E-state index contributed by atoms with van der Waals surface area (Å²) in [5, 5.41) is 7.61. The molecule has 0 saturated heterocycles. The van der Waals surface area contributed by atoms with Gasteiger partial charge >= 0.3 is 0 Å². The average molecular weight is 237 g/mol. The van der Waals surface area contributed by atoms with Gasteiger partial charge in [0.2, 0.25) is 0 Å². The fourth-order valence-electron chi connectivity index (χ4n) is 2.29. The van der Waals surface area contributed by atoms with Crippen molar-refractivity contribution < 1.29 is 0 Å². The highest BCUT2D eigenvalue weighted by molar-refractivity contribution is 7.05. The Labute approximate surface area is 101 Å². The van der Waals surface area contributed by atoms with Crippen LogP contribution in [0.4, 0.5) is 0 Å². The quantitative estimate of drug-likeness (QED) is 0.818. The van der Waals surface area contributed by atoms with Crippen molar-refractivity contribution in [3.63, 3.8) is 0 Å². The molecule has 88 valence electrons. The number of likely N-dealkylation sites (N-methyl/N-ethyl adjacent to an activating group) is 1. The third-order valence-corrected chi connectivity index (χ3v) is 4.00. The van der Waals surface area contributed by atoms with Gasteiger partial charge in [0, 0.05) is 0 Å². The maximum atomic E-state index is 4.20. The van der Waals surface area contributed by atoms with Gasteiger partial charge in [-0.05, 0) is 50.7 Å². The van der Waals surface area contributed by atoms with Gasteiger partial charge in [0.1, 0.15) is 0 Å². The summed E-state index contributed by atoms with van der Waals surface area (Å²) >= 11 is 1.54. The maximum absolute atomic E-state index is 4.20. The molecule has 1 unspecified atom stereocenters.